The molecule has 0 heterocycles. The standard InChI is InChI=1S/C16H19N3OS/c1-3-17-16(21)19-18-11-14-13-8-6-5-7-12(13)9-10-15(14)20-4-2/h5-11H,3-4H2,1-2H3,(H2,17,19,21)/b18-11-. The Hall–Kier alpha value is -2.14. The lowest BCUT2D eigenvalue weighted by Gasteiger charge is -2.10. The highest BCUT2D eigenvalue weighted by Gasteiger charge is 2.06. The van der Waals surface area contributed by atoms with Crippen molar-refractivity contribution in [3.05, 3.63) is 42.0 Å². The van der Waals surface area contributed by atoms with E-state index in [1.165, 1.54) is 0 Å². The number of ether oxygens (including phenoxy) is 1. The summed E-state index contributed by atoms with van der Waals surface area (Å²) in [7, 11) is 0. The molecule has 0 unspecified atom stereocenters. The second-order valence-corrected chi connectivity index (χ2v) is 4.77. The molecular weight excluding hydrogens is 282 g/mol. The van der Waals surface area contributed by atoms with E-state index >= 15 is 0 Å². The summed E-state index contributed by atoms with van der Waals surface area (Å²) in [6.07, 6.45) is 1.75. The van der Waals surface area contributed by atoms with Crippen LogP contribution in [0.4, 0.5) is 0 Å². The third kappa shape index (κ3) is 3.92. The first-order valence-corrected chi connectivity index (χ1v) is 7.38. The van der Waals surface area contributed by atoms with Gasteiger partial charge in [0.05, 0.1) is 12.8 Å². The van der Waals surface area contributed by atoms with Crippen LogP contribution in [0.15, 0.2) is 41.5 Å². The van der Waals surface area contributed by atoms with Crippen molar-refractivity contribution >= 4 is 34.3 Å². The van der Waals surface area contributed by atoms with Crippen LogP contribution in [0.1, 0.15) is 19.4 Å². The van der Waals surface area contributed by atoms with Crippen molar-refractivity contribution < 1.29 is 4.74 Å². The summed E-state index contributed by atoms with van der Waals surface area (Å²) in [5.41, 5.74) is 3.75. The van der Waals surface area contributed by atoms with Gasteiger partial charge in [-0.3, -0.25) is 5.43 Å². The van der Waals surface area contributed by atoms with Crippen LogP contribution in [-0.4, -0.2) is 24.5 Å². The van der Waals surface area contributed by atoms with Crippen LogP contribution in [0.3, 0.4) is 0 Å². The Labute approximate surface area is 130 Å². The van der Waals surface area contributed by atoms with Gasteiger partial charge in [-0.2, -0.15) is 5.10 Å². The number of benzene rings is 2. The van der Waals surface area contributed by atoms with Gasteiger partial charge in [-0.05, 0) is 42.9 Å². The Morgan fingerprint density at radius 3 is 2.81 bits per heavy atom. The van der Waals surface area contributed by atoms with Gasteiger partial charge in [0.25, 0.3) is 0 Å². The Kier molecular flexibility index (Phi) is 5.51. The van der Waals surface area contributed by atoms with Gasteiger partial charge in [-0.25, -0.2) is 0 Å². The molecule has 2 N–H and O–H groups in total. The van der Waals surface area contributed by atoms with E-state index in [0.29, 0.717) is 11.7 Å². The average Bonchev–Trinajstić information content (AvgIpc) is 2.49. The maximum atomic E-state index is 5.68. The minimum atomic E-state index is 0.506. The molecule has 0 saturated carbocycles. The lowest BCUT2D eigenvalue weighted by atomic mass is 10.0. The molecule has 0 aliphatic rings. The molecule has 2 aromatic rings. The molecule has 21 heavy (non-hydrogen) atoms. The van der Waals surface area contributed by atoms with Crippen LogP contribution in [0.2, 0.25) is 0 Å². The topological polar surface area (TPSA) is 45.7 Å². The molecule has 5 heteroatoms. The number of hydrazone groups is 1. The molecule has 0 fully saturated rings. The lowest BCUT2D eigenvalue weighted by molar-refractivity contribution is 0.340. The summed E-state index contributed by atoms with van der Waals surface area (Å²) in [4.78, 5) is 0. The maximum absolute atomic E-state index is 5.68. The Morgan fingerprint density at radius 1 is 1.24 bits per heavy atom. The van der Waals surface area contributed by atoms with E-state index < -0.39 is 0 Å². The fourth-order valence-electron chi connectivity index (χ4n) is 2.05. The van der Waals surface area contributed by atoms with E-state index in [4.69, 9.17) is 17.0 Å². The number of fused-ring (bicyclic) bond motifs is 1. The van der Waals surface area contributed by atoms with E-state index in [-0.39, 0.29) is 0 Å². The third-order valence-corrected chi connectivity index (χ3v) is 3.16. The van der Waals surface area contributed by atoms with Crippen LogP contribution in [0.5, 0.6) is 5.75 Å². The van der Waals surface area contributed by atoms with Gasteiger partial charge >= 0.3 is 0 Å². The molecular formula is C16H19N3OS. The van der Waals surface area contributed by atoms with Gasteiger partial charge in [-0.1, -0.05) is 30.3 Å². The third-order valence-electron chi connectivity index (χ3n) is 2.93. The summed E-state index contributed by atoms with van der Waals surface area (Å²) >= 11 is 5.08. The van der Waals surface area contributed by atoms with Crippen LogP contribution in [0.25, 0.3) is 10.8 Å². The van der Waals surface area contributed by atoms with Crippen molar-refractivity contribution in [1.29, 1.82) is 0 Å². The first-order valence-electron chi connectivity index (χ1n) is 6.97. The number of hydrogen-bond donors (Lipinski definition) is 2. The van der Waals surface area contributed by atoms with Gasteiger partial charge in [-0.15, -0.1) is 0 Å². The largest absolute Gasteiger partial charge is 0.493 e. The molecule has 0 amide bonds. The van der Waals surface area contributed by atoms with Gasteiger partial charge < -0.3 is 10.1 Å². The monoisotopic (exact) mass is 301 g/mol. The average molecular weight is 301 g/mol. The molecule has 0 saturated heterocycles. The number of nitrogens with one attached hydrogen (secondary N) is 2. The molecule has 2 rings (SSSR count). The summed E-state index contributed by atoms with van der Waals surface area (Å²) in [5.74, 6) is 0.816. The SMILES string of the molecule is CCNC(=S)N/N=C\c1c(OCC)ccc2ccccc12. The molecule has 0 aliphatic carbocycles. The van der Waals surface area contributed by atoms with Crippen molar-refractivity contribution in [2.24, 2.45) is 5.10 Å². The van der Waals surface area contributed by atoms with E-state index in [1.807, 2.05) is 38.1 Å². The van der Waals surface area contributed by atoms with Crippen LogP contribution in [-0.2, 0) is 0 Å². The first-order chi connectivity index (χ1) is 10.3. The van der Waals surface area contributed by atoms with Gasteiger partial charge in [0, 0.05) is 12.1 Å². The Balaban J connectivity index is 2.32. The van der Waals surface area contributed by atoms with Crippen molar-refractivity contribution in [3.8, 4) is 5.75 Å². The quantitative estimate of drug-likeness (QED) is 0.506. The zero-order chi connectivity index (χ0) is 15.1. The van der Waals surface area contributed by atoms with Crippen molar-refractivity contribution in [2.75, 3.05) is 13.2 Å². The molecule has 0 aromatic heterocycles. The van der Waals surface area contributed by atoms with Crippen molar-refractivity contribution in [1.82, 2.24) is 10.7 Å². The summed E-state index contributed by atoms with van der Waals surface area (Å²) < 4.78 is 5.68. The Bertz CT molecular complexity index is 655. The molecule has 0 radical (unpaired) electrons. The highest BCUT2D eigenvalue weighted by atomic mass is 32.1. The molecule has 0 bridgehead atoms. The predicted molar refractivity (Wildman–Crippen MR) is 92.1 cm³/mol. The number of rotatable bonds is 5. The number of nitrogens with zero attached hydrogens (tertiary/aromatic N) is 1. The molecule has 0 aliphatic heterocycles. The smallest absolute Gasteiger partial charge is 0.186 e. The fourth-order valence-corrected chi connectivity index (χ4v) is 2.24. The summed E-state index contributed by atoms with van der Waals surface area (Å²) in [5, 5.41) is 9.93. The van der Waals surface area contributed by atoms with Crippen LogP contribution >= 0.6 is 12.2 Å². The van der Waals surface area contributed by atoms with Crippen LogP contribution < -0.4 is 15.5 Å². The van der Waals surface area contributed by atoms with Gasteiger partial charge in [0.15, 0.2) is 5.11 Å². The zero-order valence-electron chi connectivity index (χ0n) is 12.2. The number of thiocarbonyl (C=S) groups is 1. The second kappa shape index (κ2) is 7.59. The highest BCUT2D eigenvalue weighted by molar-refractivity contribution is 7.80. The van der Waals surface area contributed by atoms with E-state index in [9.17, 15) is 0 Å². The minimum Gasteiger partial charge on any atom is -0.493 e. The number of hydrogen-bond acceptors (Lipinski definition) is 3. The zero-order valence-corrected chi connectivity index (χ0v) is 13.0. The van der Waals surface area contributed by atoms with Gasteiger partial charge in [0.1, 0.15) is 5.75 Å². The predicted octanol–water partition coefficient (Wildman–Crippen LogP) is 3.06. The lowest BCUT2D eigenvalue weighted by Crippen LogP contribution is -2.31. The molecule has 110 valence electrons. The second-order valence-electron chi connectivity index (χ2n) is 4.36. The Morgan fingerprint density at radius 2 is 2.05 bits per heavy atom. The summed E-state index contributed by atoms with van der Waals surface area (Å²) in [6.45, 7) is 5.33. The summed E-state index contributed by atoms with van der Waals surface area (Å²) in [6, 6.07) is 12.2. The molecule has 0 spiro atoms. The van der Waals surface area contributed by atoms with Crippen molar-refractivity contribution in [3.63, 3.8) is 0 Å². The van der Waals surface area contributed by atoms with E-state index in [0.717, 1.165) is 28.6 Å². The highest BCUT2D eigenvalue weighted by Crippen LogP contribution is 2.26. The van der Waals surface area contributed by atoms with Crippen molar-refractivity contribution in [2.45, 2.75) is 13.8 Å². The fraction of sp³-hybridized carbons (Fsp3) is 0.250. The first kappa shape index (κ1) is 15.3. The van der Waals surface area contributed by atoms with E-state index in [2.05, 4.69) is 28.0 Å². The molecule has 4 nitrogen and oxygen atoms in total. The normalized spacial score (nSPS) is 10.8. The van der Waals surface area contributed by atoms with Crippen LogP contribution in [0, 0.1) is 0 Å². The molecule has 0 atom stereocenters. The minimum absolute atomic E-state index is 0.506. The van der Waals surface area contributed by atoms with Gasteiger partial charge in [0.2, 0.25) is 0 Å². The molecule has 2 aromatic carbocycles. The van der Waals surface area contributed by atoms with E-state index in [1.54, 1.807) is 6.21 Å². The maximum Gasteiger partial charge on any atom is 0.186 e.